The van der Waals surface area contributed by atoms with E-state index in [9.17, 15) is 4.79 Å². The first kappa shape index (κ1) is 13.4. The van der Waals surface area contributed by atoms with E-state index in [-0.39, 0.29) is 5.41 Å². The van der Waals surface area contributed by atoms with Gasteiger partial charge in [-0.1, -0.05) is 31.6 Å². The lowest BCUT2D eigenvalue weighted by Gasteiger charge is -2.32. The van der Waals surface area contributed by atoms with E-state index in [0.29, 0.717) is 18.6 Å². The predicted octanol–water partition coefficient (Wildman–Crippen LogP) is 3.72. The molecule has 0 unspecified atom stereocenters. The smallest absolute Gasteiger partial charge is 0.137 e. The Morgan fingerprint density at radius 2 is 2.12 bits per heavy atom. The maximum absolute atomic E-state index is 11.6. The van der Waals surface area contributed by atoms with Gasteiger partial charge < -0.3 is 0 Å². The fraction of sp³-hybridized carbons (Fsp3) is 0.467. The molecule has 0 bridgehead atoms. The molecule has 17 heavy (non-hydrogen) atoms. The highest BCUT2D eigenvalue weighted by atomic mass is 16.1. The maximum Gasteiger partial charge on any atom is 0.137 e. The molecule has 2 nitrogen and oxygen atoms in total. The molecule has 0 heterocycles. The van der Waals surface area contributed by atoms with Gasteiger partial charge in [0.25, 0.3) is 0 Å². The van der Waals surface area contributed by atoms with Gasteiger partial charge in [0.2, 0.25) is 0 Å². The summed E-state index contributed by atoms with van der Waals surface area (Å²) >= 11 is 0. The molecule has 0 aromatic rings. The van der Waals surface area contributed by atoms with E-state index in [2.05, 4.69) is 13.8 Å². The Kier molecular flexibility index (Phi) is 4.07. The van der Waals surface area contributed by atoms with Crippen LogP contribution in [0.15, 0.2) is 34.9 Å². The fourth-order valence-corrected chi connectivity index (χ4v) is 2.35. The van der Waals surface area contributed by atoms with Crippen molar-refractivity contribution < 1.29 is 4.79 Å². The Hall–Kier alpha value is -1.62. The highest BCUT2D eigenvalue weighted by Gasteiger charge is 2.30. The van der Waals surface area contributed by atoms with Crippen LogP contribution in [0.2, 0.25) is 0 Å². The molecule has 90 valence electrons. The zero-order valence-electron chi connectivity index (χ0n) is 11.0. The average Bonchev–Trinajstić information content (AvgIpc) is 2.14. The quantitative estimate of drug-likeness (QED) is 0.535. The van der Waals surface area contributed by atoms with Gasteiger partial charge in [-0.3, -0.25) is 4.79 Å². The van der Waals surface area contributed by atoms with Crippen molar-refractivity contribution >= 4 is 5.78 Å². The predicted molar refractivity (Wildman–Crippen MR) is 69.2 cm³/mol. The van der Waals surface area contributed by atoms with E-state index in [1.165, 1.54) is 11.6 Å². The normalized spacial score (nSPS) is 20.9. The lowest BCUT2D eigenvalue weighted by atomic mass is 9.72. The maximum atomic E-state index is 11.6. The summed E-state index contributed by atoms with van der Waals surface area (Å²) in [7, 11) is 0. The van der Waals surface area contributed by atoms with Crippen LogP contribution in [-0.4, -0.2) is 5.78 Å². The topological polar surface area (TPSA) is 40.9 Å². The molecule has 0 aliphatic heterocycles. The summed E-state index contributed by atoms with van der Waals surface area (Å²) in [4.78, 5) is 11.6. The van der Waals surface area contributed by atoms with Gasteiger partial charge in [0.1, 0.15) is 5.78 Å². The molecule has 0 saturated heterocycles. The minimum atomic E-state index is -0.0944. The minimum Gasteiger partial charge on any atom is -0.299 e. The van der Waals surface area contributed by atoms with Gasteiger partial charge in [-0.25, -0.2) is 0 Å². The van der Waals surface area contributed by atoms with E-state index in [4.69, 9.17) is 5.26 Å². The molecule has 0 N–H and O–H groups in total. The van der Waals surface area contributed by atoms with Gasteiger partial charge in [-0.05, 0) is 30.4 Å². The number of hydrogen-bond acceptors (Lipinski definition) is 2. The van der Waals surface area contributed by atoms with E-state index in [0.717, 1.165) is 11.1 Å². The Morgan fingerprint density at radius 1 is 1.47 bits per heavy atom. The summed E-state index contributed by atoms with van der Waals surface area (Å²) < 4.78 is 0. The van der Waals surface area contributed by atoms with Gasteiger partial charge in [-0.2, -0.15) is 5.26 Å². The summed E-state index contributed by atoms with van der Waals surface area (Å²) in [6.07, 6.45) is 6.67. The van der Waals surface area contributed by atoms with Crippen LogP contribution in [0.1, 0.15) is 40.5 Å². The molecule has 0 atom stereocenters. The first-order valence-electron chi connectivity index (χ1n) is 5.83. The second-order valence-electron chi connectivity index (χ2n) is 5.32. The monoisotopic (exact) mass is 229 g/mol. The van der Waals surface area contributed by atoms with E-state index in [1.54, 1.807) is 0 Å². The van der Waals surface area contributed by atoms with Crippen LogP contribution in [0, 0.1) is 16.7 Å². The number of carbonyl (C=O) groups is 1. The zero-order valence-corrected chi connectivity index (χ0v) is 11.0. The molecule has 0 amide bonds. The van der Waals surface area contributed by atoms with Crippen LogP contribution in [0.5, 0.6) is 0 Å². The largest absolute Gasteiger partial charge is 0.299 e. The molecule has 1 rings (SSSR count). The summed E-state index contributed by atoms with van der Waals surface area (Å²) in [6, 6.07) is 2.01. The SMILES string of the molecule is CC(C=CC1=C(C)CC(=O)CC1(C)C)=CC#N. The van der Waals surface area contributed by atoms with Crippen LogP contribution >= 0.6 is 0 Å². The van der Waals surface area contributed by atoms with Crippen LogP contribution in [0.4, 0.5) is 0 Å². The second-order valence-corrected chi connectivity index (χ2v) is 5.32. The van der Waals surface area contributed by atoms with Crippen molar-refractivity contribution in [1.29, 1.82) is 5.26 Å². The minimum absolute atomic E-state index is 0.0944. The van der Waals surface area contributed by atoms with Crippen LogP contribution in [0.3, 0.4) is 0 Å². The van der Waals surface area contributed by atoms with Crippen LogP contribution < -0.4 is 0 Å². The Morgan fingerprint density at radius 3 is 2.65 bits per heavy atom. The summed E-state index contributed by atoms with van der Waals surface area (Å²) in [5, 5.41) is 8.55. The molecule has 0 aromatic heterocycles. The molecule has 0 spiro atoms. The average molecular weight is 229 g/mol. The first-order chi connectivity index (χ1) is 7.86. The third-order valence-corrected chi connectivity index (χ3v) is 3.10. The molecule has 0 aromatic carbocycles. The zero-order chi connectivity index (χ0) is 13.1. The lowest BCUT2D eigenvalue weighted by Crippen LogP contribution is -2.25. The first-order valence-corrected chi connectivity index (χ1v) is 5.83. The van der Waals surface area contributed by atoms with Gasteiger partial charge in [-0.15, -0.1) is 0 Å². The fourth-order valence-electron chi connectivity index (χ4n) is 2.35. The highest BCUT2D eigenvalue weighted by Crippen LogP contribution is 2.39. The van der Waals surface area contributed by atoms with Crippen molar-refractivity contribution in [3.63, 3.8) is 0 Å². The lowest BCUT2D eigenvalue weighted by molar-refractivity contribution is -0.120. The van der Waals surface area contributed by atoms with Crippen LogP contribution in [0.25, 0.3) is 0 Å². The Labute approximate surface area is 103 Å². The van der Waals surface area contributed by atoms with E-state index < -0.39 is 0 Å². The molecule has 1 aliphatic carbocycles. The second kappa shape index (κ2) is 5.14. The number of nitrogens with zero attached hydrogens (tertiary/aromatic N) is 1. The third-order valence-electron chi connectivity index (χ3n) is 3.10. The van der Waals surface area contributed by atoms with Crippen LogP contribution in [-0.2, 0) is 4.79 Å². The number of Topliss-reactive ketones (excluding diaryl/α,β-unsaturated/α-hetero) is 1. The standard InChI is InChI=1S/C15H19NO/c1-11(7-8-16)5-6-14-12(2)9-13(17)10-15(14,3)4/h5-7H,9-10H2,1-4H3. The summed E-state index contributed by atoms with van der Waals surface area (Å²) in [5.74, 6) is 0.314. The van der Waals surface area contributed by atoms with Gasteiger partial charge >= 0.3 is 0 Å². The van der Waals surface area contributed by atoms with Crippen molar-refractivity contribution in [2.75, 3.05) is 0 Å². The molecule has 1 aliphatic rings. The van der Waals surface area contributed by atoms with Gasteiger partial charge in [0, 0.05) is 18.9 Å². The summed E-state index contributed by atoms with van der Waals surface area (Å²) in [5.41, 5.74) is 3.21. The van der Waals surface area contributed by atoms with Crippen molar-refractivity contribution in [2.45, 2.75) is 40.5 Å². The number of ketones is 1. The van der Waals surface area contributed by atoms with Gasteiger partial charge in [0.15, 0.2) is 0 Å². The summed E-state index contributed by atoms with van der Waals surface area (Å²) in [6.45, 7) is 8.10. The molecular formula is C15H19NO. The molecule has 0 saturated carbocycles. The Balaban J connectivity index is 3.04. The van der Waals surface area contributed by atoms with Crippen molar-refractivity contribution in [3.05, 3.63) is 34.9 Å². The molecule has 0 fully saturated rings. The van der Waals surface area contributed by atoms with Crippen molar-refractivity contribution in [1.82, 2.24) is 0 Å². The van der Waals surface area contributed by atoms with E-state index in [1.807, 2.05) is 32.1 Å². The number of allylic oxidation sites excluding steroid dienone is 6. The van der Waals surface area contributed by atoms with E-state index >= 15 is 0 Å². The third kappa shape index (κ3) is 3.42. The molecule has 0 radical (unpaired) electrons. The molecular weight excluding hydrogens is 210 g/mol. The Bertz CT molecular complexity index is 456. The number of nitriles is 1. The number of carbonyl (C=O) groups excluding carboxylic acids is 1. The van der Waals surface area contributed by atoms with Gasteiger partial charge in [0.05, 0.1) is 6.07 Å². The van der Waals surface area contributed by atoms with Crippen molar-refractivity contribution in [3.8, 4) is 6.07 Å². The number of rotatable bonds is 2. The highest BCUT2D eigenvalue weighted by molar-refractivity contribution is 5.84. The molecule has 2 heteroatoms. The van der Waals surface area contributed by atoms with Crippen molar-refractivity contribution in [2.24, 2.45) is 5.41 Å². The number of hydrogen-bond donors (Lipinski definition) is 0.